The van der Waals surface area contributed by atoms with E-state index in [1.54, 1.807) is 36.4 Å². The molecule has 0 aliphatic carbocycles. The number of halogens is 3. The molecule has 4 heteroatoms. The fourth-order valence-electron chi connectivity index (χ4n) is 1.52. The quantitative estimate of drug-likeness (QED) is 0.513. The highest BCUT2D eigenvalue weighted by Crippen LogP contribution is 2.22. The fraction of sp³-hybridized carbons (Fsp3) is 0. The van der Waals surface area contributed by atoms with E-state index in [1.807, 2.05) is 12.1 Å². The number of carbonyl (C=O) groups excluding carboxylic acids is 1. The highest BCUT2D eigenvalue weighted by atomic mass is 79.9. The van der Waals surface area contributed by atoms with Gasteiger partial charge in [0.15, 0.2) is 5.78 Å². The number of hydrogen-bond donors (Lipinski definition) is 0. The van der Waals surface area contributed by atoms with E-state index >= 15 is 0 Å². The minimum absolute atomic E-state index is 0.0801. The van der Waals surface area contributed by atoms with E-state index in [-0.39, 0.29) is 5.78 Å². The van der Waals surface area contributed by atoms with E-state index in [0.717, 1.165) is 10.0 Å². The van der Waals surface area contributed by atoms with Gasteiger partial charge in [0.05, 0.1) is 0 Å². The van der Waals surface area contributed by atoms with Crippen molar-refractivity contribution in [3.8, 4) is 0 Å². The fourth-order valence-corrected chi connectivity index (χ4v) is 2.14. The van der Waals surface area contributed by atoms with Crippen LogP contribution < -0.4 is 0 Å². The van der Waals surface area contributed by atoms with Crippen LogP contribution in [0.1, 0.15) is 15.9 Å². The summed E-state index contributed by atoms with van der Waals surface area (Å²) < 4.78 is 0.936. The maximum atomic E-state index is 11.9. The van der Waals surface area contributed by atoms with Gasteiger partial charge in [-0.1, -0.05) is 39.1 Å². The van der Waals surface area contributed by atoms with E-state index in [0.29, 0.717) is 15.6 Å². The molecule has 0 saturated heterocycles. The minimum Gasteiger partial charge on any atom is -0.289 e. The third kappa shape index (κ3) is 3.93. The monoisotopic (exact) mass is 354 g/mol. The summed E-state index contributed by atoms with van der Waals surface area (Å²) in [6.45, 7) is 0. The van der Waals surface area contributed by atoms with Gasteiger partial charge in [0, 0.05) is 20.1 Å². The van der Waals surface area contributed by atoms with Crippen molar-refractivity contribution in [2.75, 3.05) is 0 Å². The average molecular weight is 356 g/mol. The predicted molar refractivity (Wildman–Crippen MR) is 84.0 cm³/mol. The molecule has 2 rings (SSSR count). The van der Waals surface area contributed by atoms with Gasteiger partial charge in [-0.3, -0.25) is 4.79 Å². The van der Waals surface area contributed by atoms with Crippen LogP contribution in [-0.4, -0.2) is 5.78 Å². The molecule has 1 nitrogen and oxygen atoms in total. The molecule has 0 aromatic heterocycles. The Morgan fingerprint density at radius 3 is 2.42 bits per heavy atom. The van der Waals surface area contributed by atoms with Crippen LogP contribution in [0.5, 0.6) is 0 Å². The summed E-state index contributed by atoms with van der Waals surface area (Å²) in [5.41, 5.74) is 1.34. The van der Waals surface area contributed by atoms with E-state index in [9.17, 15) is 4.79 Å². The van der Waals surface area contributed by atoms with Gasteiger partial charge in [0.2, 0.25) is 0 Å². The molecule has 96 valence electrons. The maximum absolute atomic E-state index is 11.9. The van der Waals surface area contributed by atoms with Crippen LogP contribution >= 0.6 is 39.1 Å². The Labute approximate surface area is 130 Å². The third-order valence-corrected chi connectivity index (χ3v) is 3.61. The molecule has 19 heavy (non-hydrogen) atoms. The van der Waals surface area contributed by atoms with Crippen molar-refractivity contribution >= 4 is 51.0 Å². The first-order valence-corrected chi connectivity index (χ1v) is 7.04. The lowest BCUT2D eigenvalue weighted by atomic mass is 10.1. The van der Waals surface area contributed by atoms with Gasteiger partial charge >= 0.3 is 0 Å². The van der Waals surface area contributed by atoms with Gasteiger partial charge in [0.25, 0.3) is 0 Å². The summed E-state index contributed by atoms with van der Waals surface area (Å²) in [4.78, 5) is 11.9. The van der Waals surface area contributed by atoms with Crippen molar-refractivity contribution in [3.63, 3.8) is 0 Å². The standard InChI is InChI=1S/C15H9BrCl2O/c16-12-4-1-10(2-5-12)15(19)8-3-11-9-13(17)6-7-14(11)18/h1-9H. The molecule has 2 aromatic carbocycles. The molecular weight excluding hydrogens is 347 g/mol. The first kappa shape index (κ1) is 14.3. The molecular formula is C15H9BrCl2O. The van der Waals surface area contributed by atoms with E-state index in [4.69, 9.17) is 23.2 Å². The number of ketones is 1. The molecule has 0 atom stereocenters. The highest BCUT2D eigenvalue weighted by molar-refractivity contribution is 9.10. The molecule has 0 amide bonds. The summed E-state index contributed by atoms with van der Waals surface area (Å²) in [5, 5.41) is 1.14. The molecule has 0 radical (unpaired) electrons. The van der Waals surface area contributed by atoms with Crippen molar-refractivity contribution in [2.24, 2.45) is 0 Å². The largest absolute Gasteiger partial charge is 0.289 e. The van der Waals surface area contributed by atoms with Crippen molar-refractivity contribution in [1.29, 1.82) is 0 Å². The summed E-state index contributed by atoms with van der Waals surface area (Å²) in [7, 11) is 0. The van der Waals surface area contributed by atoms with Crippen LogP contribution in [0.25, 0.3) is 6.08 Å². The smallest absolute Gasteiger partial charge is 0.185 e. The number of hydrogen-bond acceptors (Lipinski definition) is 1. The topological polar surface area (TPSA) is 17.1 Å². The number of allylic oxidation sites excluding steroid dienone is 1. The summed E-state index contributed by atoms with van der Waals surface area (Å²) in [6.07, 6.45) is 3.15. The molecule has 0 aliphatic rings. The lowest BCUT2D eigenvalue weighted by Crippen LogP contribution is -1.93. The van der Waals surface area contributed by atoms with E-state index in [2.05, 4.69) is 15.9 Å². The Bertz CT molecular complexity index is 633. The van der Waals surface area contributed by atoms with Gasteiger partial charge in [-0.15, -0.1) is 0 Å². The summed E-state index contributed by atoms with van der Waals surface area (Å²) >= 11 is 15.2. The van der Waals surface area contributed by atoms with Gasteiger partial charge in [-0.25, -0.2) is 0 Å². The number of benzene rings is 2. The summed E-state index contributed by atoms with van der Waals surface area (Å²) in [5.74, 6) is -0.0801. The zero-order valence-corrected chi connectivity index (χ0v) is 12.8. The zero-order chi connectivity index (χ0) is 13.8. The maximum Gasteiger partial charge on any atom is 0.185 e. The number of rotatable bonds is 3. The molecule has 0 heterocycles. The molecule has 0 spiro atoms. The molecule has 0 aliphatic heterocycles. The Morgan fingerprint density at radius 1 is 1.05 bits per heavy atom. The second-order valence-corrected chi connectivity index (χ2v) is 5.63. The Kier molecular flexibility index (Phi) is 4.81. The Morgan fingerprint density at radius 2 is 1.74 bits per heavy atom. The van der Waals surface area contributed by atoms with Gasteiger partial charge < -0.3 is 0 Å². The van der Waals surface area contributed by atoms with Gasteiger partial charge in [-0.05, 0) is 60.2 Å². The van der Waals surface area contributed by atoms with Crippen LogP contribution in [0.15, 0.2) is 53.0 Å². The van der Waals surface area contributed by atoms with Crippen LogP contribution in [0.4, 0.5) is 0 Å². The second-order valence-electron chi connectivity index (χ2n) is 3.87. The Balaban J connectivity index is 2.20. The Hall–Kier alpha value is -1.09. The SMILES string of the molecule is O=C(C=Cc1cc(Cl)ccc1Cl)c1ccc(Br)cc1. The normalized spacial score (nSPS) is 10.9. The molecule has 0 N–H and O–H groups in total. The van der Waals surface area contributed by atoms with Crippen LogP contribution in [-0.2, 0) is 0 Å². The number of carbonyl (C=O) groups is 1. The lowest BCUT2D eigenvalue weighted by Gasteiger charge is -1.99. The lowest BCUT2D eigenvalue weighted by molar-refractivity contribution is 0.104. The van der Waals surface area contributed by atoms with Crippen molar-refractivity contribution in [2.45, 2.75) is 0 Å². The van der Waals surface area contributed by atoms with Crippen molar-refractivity contribution in [1.82, 2.24) is 0 Å². The van der Waals surface area contributed by atoms with E-state index < -0.39 is 0 Å². The molecule has 0 fully saturated rings. The average Bonchev–Trinajstić information content (AvgIpc) is 2.40. The van der Waals surface area contributed by atoms with Gasteiger partial charge in [-0.2, -0.15) is 0 Å². The van der Waals surface area contributed by atoms with Crippen LogP contribution in [0, 0.1) is 0 Å². The van der Waals surface area contributed by atoms with Gasteiger partial charge in [0.1, 0.15) is 0 Å². The third-order valence-electron chi connectivity index (χ3n) is 2.50. The molecule has 0 unspecified atom stereocenters. The highest BCUT2D eigenvalue weighted by Gasteiger charge is 2.02. The first-order chi connectivity index (χ1) is 9.06. The second kappa shape index (κ2) is 6.38. The van der Waals surface area contributed by atoms with Crippen LogP contribution in [0.3, 0.4) is 0 Å². The van der Waals surface area contributed by atoms with Crippen molar-refractivity contribution in [3.05, 3.63) is 74.2 Å². The first-order valence-electron chi connectivity index (χ1n) is 5.49. The van der Waals surface area contributed by atoms with Crippen LogP contribution in [0.2, 0.25) is 10.0 Å². The predicted octanol–water partition coefficient (Wildman–Crippen LogP) is 5.65. The summed E-state index contributed by atoms with van der Waals surface area (Å²) in [6, 6.07) is 12.3. The molecule has 2 aromatic rings. The minimum atomic E-state index is -0.0801. The zero-order valence-electron chi connectivity index (χ0n) is 9.74. The molecule has 0 saturated carbocycles. The van der Waals surface area contributed by atoms with E-state index in [1.165, 1.54) is 6.08 Å². The molecule has 0 bridgehead atoms. The van der Waals surface area contributed by atoms with Crippen molar-refractivity contribution < 1.29 is 4.79 Å².